The van der Waals surface area contributed by atoms with E-state index in [0.29, 0.717) is 22.3 Å². The molecule has 0 spiro atoms. The van der Waals surface area contributed by atoms with Crippen LogP contribution in [-0.4, -0.2) is 17.1 Å². The van der Waals surface area contributed by atoms with Gasteiger partial charge in [-0.15, -0.1) is 0 Å². The van der Waals surface area contributed by atoms with Gasteiger partial charge in [0.2, 0.25) is 0 Å². The van der Waals surface area contributed by atoms with Gasteiger partial charge in [0.15, 0.2) is 5.82 Å². The second kappa shape index (κ2) is 4.37. The van der Waals surface area contributed by atoms with Gasteiger partial charge in [0.05, 0.1) is 30.8 Å². The highest BCUT2D eigenvalue weighted by Gasteiger charge is 2.08. The number of aromatic nitrogens is 2. The van der Waals surface area contributed by atoms with E-state index in [0.717, 1.165) is 5.56 Å². The molecule has 0 amide bonds. The topological polar surface area (TPSA) is 61.0 Å². The summed E-state index contributed by atoms with van der Waals surface area (Å²) in [5.41, 5.74) is 6.83. The zero-order valence-corrected chi connectivity index (χ0v) is 9.40. The summed E-state index contributed by atoms with van der Waals surface area (Å²) in [6.45, 7) is 0. The molecule has 16 heavy (non-hydrogen) atoms. The Morgan fingerprint density at radius 3 is 2.56 bits per heavy atom. The molecule has 0 saturated heterocycles. The fourth-order valence-electron chi connectivity index (χ4n) is 1.33. The first kappa shape index (κ1) is 10.7. The molecule has 1 heterocycles. The number of nitrogens with zero attached hydrogens (tertiary/aromatic N) is 2. The van der Waals surface area contributed by atoms with Crippen LogP contribution in [0, 0.1) is 0 Å². The molecule has 1 aromatic heterocycles. The van der Waals surface area contributed by atoms with Gasteiger partial charge in [-0.3, -0.25) is 0 Å². The lowest BCUT2D eigenvalue weighted by molar-refractivity contribution is 0.416. The highest BCUT2D eigenvalue weighted by atomic mass is 35.5. The minimum atomic E-state index is 0.525. The van der Waals surface area contributed by atoms with Crippen LogP contribution in [0.3, 0.4) is 0 Å². The summed E-state index contributed by atoms with van der Waals surface area (Å²) in [6, 6.07) is 5.29. The summed E-state index contributed by atoms with van der Waals surface area (Å²) in [5, 5.41) is 0.607. The number of hydrogen-bond acceptors (Lipinski definition) is 4. The van der Waals surface area contributed by atoms with Crippen molar-refractivity contribution in [2.75, 3.05) is 12.8 Å². The Bertz CT molecular complexity index is 499. The molecule has 0 fully saturated rings. The van der Waals surface area contributed by atoms with E-state index < -0.39 is 0 Å². The van der Waals surface area contributed by atoms with Crippen LogP contribution in [0.1, 0.15) is 0 Å². The van der Waals surface area contributed by atoms with E-state index in [4.69, 9.17) is 22.1 Å². The maximum absolute atomic E-state index is 5.87. The van der Waals surface area contributed by atoms with Crippen molar-refractivity contribution in [1.29, 1.82) is 0 Å². The molecule has 82 valence electrons. The van der Waals surface area contributed by atoms with E-state index >= 15 is 0 Å². The molecular formula is C11H10ClN3O. The Kier molecular flexibility index (Phi) is 2.92. The molecule has 0 bridgehead atoms. The van der Waals surface area contributed by atoms with Crippen molar-refractivity contribution in [2.45, 2.75) is 0 Å². The SMILES string of the molecule is COc1cc(Cl)ccc1-c1ncc(N)cn1. The van der Waals surface area contributed by atoms with Gasteiger partial charge in [0.1, 0.15) is 5.75 Å². The van der Waals surface area contributed by atoms with Crippen LogP contribution in [0.4, 0.5) is 5.69 Å². The number of methoxy groups -OCH3 is 1. The molecule has 0 radical (unpaired) electrons. The normalized spacial score (nSPS) is 10.1. The molecule has 0 atom stereocenters. The number of ether oxygens (including phenoxy) is 1. The predicted octanol–water partition coefficient (Wildman–Crippen LogP) is 2.39. The molecule has 0 aliphatic carbocycles. The summed E-state index contributed by atoms with van der Waals surface area (Å²) in [5.74, 6) is 1.19. The lowest BCUT2D eigenvalue weighted by Crippen LogP contribution is -1.94. The zero-order chi connectivity index (χ0) is 11.5. The van der Waals surface area contributed by atoms with Crippen molar-refractivity contribution >= 4 is 17.3 Å². The first-order valence-electron chi connectivity index (χ1n) is 4.62. The van der Waals surface area contributed by atoms with Crippen LogP contribution in [-0.2, 0) is 0 Å². The summed E-state index contributed by atoms with van der Waals surface area (Å²) in [6.07, 6.45) is 3.10. The summed E-state index contributed by atoms with van der Waals surface area (Å²) in [7, 11) is 1.58. The third-order valence-corrected chi connectivity index (χ3v) is 2.31. The van der Waals surface area contributed by atoms with E-state index in [9.17, 15) is 0 Å². The fraction of sp³-hybridized carbons (Fsp3) is 0.0909. The molecule has 2 aromatic rings. The van der Waals surface area contributed by atoms with Gasteiger partial charge < -0.3 is 10.5 Å². The average molecular weight is 236 g/mol. The van der Waals surface area contributed by atoms with Gasteiger partial charge in [-0.05, 0) is 18.2 Å². The molecule has 4 nitrogen and oxygen atoms in total. The number of benzene rings is 1. The number of halogens is 1. The molecule has 2 rings (SSSR count). The monoisotopic (exact) mass is 235 g/mol. The lowest BCUT2D eigenvalue weighted by Gasteiger charge is -2.07. The maximum Gasteiger partial charge on any atom is 0.163 e. The predicted molar refractivity (Wildman–Crippen MR) is 63.4 cm³/mol. The van der Waals surface area contributed by atoms with Crippen molar-refractivity contribution in [2.24, 2.45) is 0 Å². The number of nitrogen functional groups attached to an aromatic ring is 1. The maximum atomic E-state index is 5.87. The van der Waals surface area contributed by atoms with Crippen LogP contribution in [0.15, 0.2) is 30.6 Å². The van der Waals surface area contributed by atoms with Crippen molar-refractivity contribution in [1.82, 2.24) is 9.97 Å². The largest absolute Gasteiger partial charge is 0.496 e. The van der Waals surface area contributed by atoms with Crippen molar-refractivity contribution in [3.63, 3.8) is 0 Å². The van der Waals surface area contributed by atoms with Crippen LogP contribution >= 0.6 is 11.6 Å². The molecule has 0 saturated carbocycles. The van der Waals surface area contributed by atoms with Gasteiger partial charge in [0.25, 0.3) is 0 Å². The smallest absolute Gasteiger partial charge is 0.163 e. The Hall–Kier alpha value is -1.81. The van der Waals surface area contributed by atoms with Crippen molar-refractivity contribution < 1.29 is 4.74 Å². The van der Waals surface area contributed by atoms with Crippen LogP contribution in [0.5, 0.6) is 5.75 Å². The minimum absolute atomic E-state index is 0.525. The van der Waals surface area contributed by atoms with Crippen LogP contribution in [0.25, 0.3) is 11.4 Å². The molecule has 0 unspecified atom stereocenters. The molecule has 2 N–H and O–H groups in total. The third kappa shape index (κ3) is 2.06. The average Bonchev–Trinajstić information content (AvgIpc) is 2.30. The summed E-state index contributed by atoms with van der Waals surface area (Å²) >= 11 is 5.87. The number of hydrogen-bond donors (Lipinski definition) is 1. The van der Waals surface area contributed by atoms with Crippen molar-refractivity contribution in [3.05, 3.63) is 35.6 Å². The highest BCUT2D eigenvalue weighted by Crippen LogP contribution is 2.29. The fourth-order valence-corrected chi connectivity index (χ4v) is 1.49. The first-order chi connectivity index (χ1) is 7.70. The van der Waals surface area contributed by atoms with Gasteiger partial charge in [-0.25, -0.2) is 9.97 Å². The quantitative estimate of drug-likeness (QED) is 0.868. The standard InChI is InChI=1S/C11H10ClN3O/c1-16-10-4-7(12)2-3-9(10)11-14-5-8(13)6-15-11/h2-6H,13H2,1H3. The first-order valence-corrected chi connectivity index (χ1v) is 5.00. The Morgan fingerprint density at radius 2 is 1.94 bits per heavy atom. The molecule has 1 aromatic carbocycles. The van der Waals surface area contributed by atoms with Gasteiger partial charge in [-0.1, -0.05) is 11.6 Å². The number of rotatable bonds is 2. The lowest BCUT2D eigenvalue weighted by atomic mass is 10.2. The van der Waals surface area contributed by atoms with Crippen molar-refractivity contribution in [3.8, 4) is 17.1 Å². The Morgan fingerprint density at radius 1 is 1.25 bits per heavy atom. The summed E-state index contributed by atoms with van der Waals surface area (Å²) < 4.78 is 5.22. The van der Waals surface area contributed by atoms with Crippen LogP contribution < -0.4 is 10.5 Å². The second-order valence-electron chi connectivity index (χ2n) is 3.18. The molecule has 0 aliphatic rings. The second-order valence-corrected chi connectivity index (χ2v) is 3.62. The minimum Gasteiger partial charge on any atom is -0.496 e. The van der Waals surface area contributed by atoms with E-state index in [1.807, 2.05) is 6.07 Å². The molecule has 5 heteroatoms. The van der Waals surface area contributed by atoms with Gasteiger partial charge in [-0.2, -0.15) is 0 Å². The van der Waals surface area contributed by atoms with E-state index in [1.54, 1.807) is 31.6 Å². The van der Waals surface area contributed by atoms with Gasteiger partial charge >= 0.3 is 0 Å². The Balaban J connectivity index is 2.51. The molecular weight excluding hydrogens is 226 g/mol. The zero-order valence-electron chi connectivity index (χ0n) is 8.64. The number of nitrogens with two attached hydrogens (primary N) is 1. The highest BCUT2D eigenvalue weighted by molar-refractivity contribution is 6.30. The molecule has 0 aliphatic heterocycles. The van der Waals surface area contributed by atoms with E-state index in [2.05, 4.69) is 9.97 Å². The van der Waals surface area contributed by atoms with E-state index in [-0.39, 0.29) is 0 Å². The van der Waals surface area contributed by atoms with E-state index in [1.165, 1.54) is 0 Å². The third-order valence-electron chi connectivity index (χ3n) is 2.08. The van der Waals surface area contributed by atoms with Crippen LogP contribution in [0.2, 0.25) is 5.02 Å². The van der Waals surface area contributed by atoms with Gasteiger partial charge in [0, 0.05) is 5.02 Å². The Labute approximate surface area is 98.0 Å². The number of anilines is 1. The summed E-state index contributed by atoms with van der Waals surface area (Å²) in [4.78, 5) is 8.26.